The van der Waals surface area contributed by atoms with Crippen LogP contribution in [0.3, 0.4) is 0 Å². The van der Waals surface area contributed by atoms with Crippen LogP contribution in [0.25, 0.3) is 0 Å². The first-order valence-corrected chi connectivity index (χ1v) is 6.48. The molecule has 0 unspecified atom stereocenters. The fourth-order valence-corrected chi connectivity index (χ4v) is 2.41. The van der Waals surface area contributed by atoms with Crippen LogP contribution in [0.2, 0.25) is 0 Å². The lowest BCUT2D eigenvalue weighted by atomic mass is 9.84. The third-order valence-corrected chi connectivity index (χ3v) is 4.61. The van der Waals surface area contributed by atoms with E-state index in [-0.39, 0.29) is 5.75 Å². The average molecular weight is 282 g/mol. The summed E-state index contributed by atoms with van der Waals surface area (Å²) in [5.74, 6) is 0.313. The van der Waals surface area contributed by atoms with Crippen molar-refractivity contribution < 1.29 is 20.3 Å². The van der Waals surface area contributed by atoms with Crippen LogP contribution in [0.4, 0.5) is 0 Å². The SMILES string of the molecule is COc1cc(C2N(O)C(C)(C)C(C)(C)N2O)ccc1O. The monoisotopic (exact) mass is 282 g/mol. The molecule has 0 saturated carbocycles. The highest BCUT2D eigenvalue weighted by Crippen LogP contribution is 2.48. The topological polar surface area (TPSA) is 76.4 Å². The maximum Gasteiger partial charge on any atom is 0.160 e. The molecule has 0 atom stereocenters. The molecule has 1 aromatic rings. The summed E-state index contributed by atoms with van der Waals surface area (Å²) in [4.78, 5) is 0. The second kappa shape index (κ2) is 4.60. The lowest BCUT2D eigenvalue weighted by molar-refractivity contribution is -0.223. The predicted molar refractivity (Wildman–Crippen MR) is 72.8 cm³/mol. The maximum absolute atomic E-state index is 10.4. The highest BCUT2D eigenvalue weighted by Gasteiger charge is 2.58. The van der Waals surface area contributed by atoms with Gasteiger partial charge in [-0.05, 0) is 45.4 Å². The number of hydroxylamine groups is 4. The van der Waals surface area contributed by atoms with E-state index in [9.17, 15) is 15.5 Å². The number of benzene rings is 1. The standard InChI is InChI=1S/C14H22N2O4/c1-13(2)14(3,4)16(19)12(15(13)18)9-6-7-10(17)11(8-9)20-5/h6-8,12,17-19H,1-5H3. The molecule has 1 heterocycles. The van der Waals surface area contributed by atoms with Crippen molar-refractivity contribution in [3.63, 3.8) is 0 Å². The molecule has 112 valence electrons. The molecular weight excluding hydrogens is 260 g/mol. The number of rotatable bonds is 2. The number of aromatic hydroxyl groups is 1. The van der Waals surface area contributed by atoms with Gasteiger partial charge in [-0.3, -0.25) is 0 Å². The van der Waals surface area contributed by atoms with E-state index in [0.717, 1.165) is 10.1 Å². The van der Waals surface area contributed by atoms with Crippen molar-refractivity contribution >= 4 is 0 Å². The van der Waals surface area contributed by atoms with Gasteiger partial charge >= 0.3 is 0 Å². The van der Waals surface area contributed by atoms with E-state index < -0.39 is 17.2 Å². The van der Waals surface area contributed by atoms with Crippen molar-refractivity contribution in [3.05, 3.63) is 23.8 Å². The summed E-state index contributed by atoms with van der Waals surface area (Å²) in [7, 11) is 1.45. The third kappa shape index (κ3) is 1.88. The summed E-state index contributed by atoms with van der Waals surface area (Å²) in [6.07, 6.45) is -0.727. The van der Waals surface area contributed by atoms with Gasteiger partial charge in [-0.15, -0.1) is 0 Å². The lowest BCUT2D eigenvalue weighted by Gasteiger charge is -2.37. The number of hydrogen-bond donors (Lipinski definition) is 3. The minimum absolute atomic E-state index is 0.0155. The molecule has 0 aromatic heterocycles. The molecule has 0 radical (unpaired) electrons. The second-order valence-electron chi connectivity index (χ2n) is 6.11. The number of phenols is 1. The predicted octanol–water partition coefficient (Wildman–Crippen LogP) is 2.35. The van der Waals surface area contributed by atoms with Crippen molar-refractivity contribution in [3.8, 4) is 11.5 Å². The summed E-state index contributed by atoms with van der Waals surface area (Å²) in [6, 6.07) is 4.73. The van der Waals surface area contributed by atoms with Crippen molar-refractivity contribution in [2.45, 2.75) is 44.9 Å². The maximum atomic E-state index is 10.4. The van der Waals surface area contributed by atoms with E-state index in [1.807, 2.05) is 27.7 Å². The van der Waals surface area contributed by atoms with E-state index >= 15 is 0 Å². The molecule has 1 aliphatic heterocycles. The first-order valence-electron chi connectivity index (χ1n) is 6.48. The Bertz CT molecular complexity index is 496. The van der Waals surface area contributed by atoms with Crippen molar-refractivity contribution in [1.29, 1.82) is 0 Å². The number of ether oxygens (including phenoxy) is 1. The van der Waals surface area contributed by atoms with E-state index in [1.54, 1.807) is 12.1 Å². The molecule has 1 aromatic carbocycles. The van der Waals surface area contributed by atoms with Gasteiger partial charge in [0.2, 0.25) is 0 Å². The Morgan fingerprint density at radius 1 is 1.05 bits per heavy atom. The fourth-order valence-electron chi connectivity index (χ4n) is 2.41. The number of hydrogen-bond acceptors (Lipinski definition) is 6. The van der Waals surface area contributed by atoms with Crippen molar-refractivity contribution in [2.24, 2.45) is 0 Å². The molecule has 2 rings (SSSR count). The molecule has 1 fully saturated rings. The largest absolute Gasteiger partial charge is 0.504 e. The van der Waals surface area contributed by atoms with Gasteiger partial charge in [0.25, 0.3) is 0 Å². The molecule has 6 nitrogen and oxygen atoms in total. The molecule has 3 N–H and O–H groups in total. The smallest absolute Gasteiger partial charge is 0.160 e. The van der Waals surface area contributed by atoms with Gasteiger partial charge in [-0.25, -0.2) is 0 Å². The van der Waals surface area contributed by atoms with Crippen LogP contribution < -0.4 is 4.74 Å². The molecule has 0 aliphatic carbocycles. The molecular formula is C14H22N2O4. The first kappa shape index (κ1) is 15.1. The van der Waals surface area contributed by atoms with E-state index in [0.29, 0.717) is 11.3 Å². The van der Waals surface area contributed by atoms with Gasteiger partial charge in [0, 0.05) is 0 Å². The molecule has 6 heteroatoms. The van der Waals surface area contributed by atoms with Crippen molar-refractivity contribution in [2.75, 3.05) is 7.11 Å². The zero-order chi connectivity index (χ0) is 15.3. The van der Waals surface area contributed by atoms with E-state index in [4.69, 9.17) is 4.74 Å². The minimum atomic E-state index is -0.727. The van der Waals surface area contributed by atoms with Crippen LogP contribution in [-0.4, -0.2) is 43.8 Å². The Morgan fingerprint density at radius 3 is 2.00 bits per heavy atom. The van der Waals surface area contributed by atoms with Gasteiger partial charge in [0.15, 0.2) is 11.5 Å². The van der Waals surface area contributed by atoms with Crippen LogP contribution >= 0.6 is 0 Å². The third-order valence-electron chi connectivity index (χ3n) is 4.61. The quantitative estimate of drug-likeness (QED) is 0.773. The highest BCUT2D eigenvalue weighted by molar-refractivity contribution is 5.43. The summed E-state index contributed by atoms with van der Waals surface area (Å²) in [5, 5.41) is 32.8. The minimum Gasteiger partial charge on any atom is -0.504 e. The van der Waals surface area contributed by atoms with Gasteiger partial charge in [-0.2, -0.15) is 10.1 Å². The molecule has 1 aliphatic rings. The Balaban J connectivity index is 2.48. The summed E-state index contributed by atoms with van der Waals surface area (Å²) in [5.41, 5.74) is -0.682. The van der Waals surface area contributed by atoms with Crippen LogP contribution in [0.1, 0.15) is 39.4 Å². The number of nitrogens with zero attached hydrogens (tertiary/aromatic N) is 2. The molecule has 20 heavy (non-hydrogen) atoms. The summed E-state index contributed by atoms with van der Waals surface area (Å²) in [6.45, 7) is 7.42. The fraction of sp³-hybridized carbons (Fsp3) is 0.571. The molecule has 1 saturated heterocycles. The molecule has 0 amide bonds. The second-order valence-corrected chi connectivity index (χ2v) is 6.11. The average Bonchev–Trinajstić information content (AvgIpc) is 2.50. The first-order chi connectivity index (χ1) is 9.14. The van der Waals surface area contributed by atoms with Crippen LogP contribution in [-0.2, 0) is 0 Å². The van der Waals surface area contributed by atoms with E-state index in [1.165, 1.54) is 13.2 Å². The van der Waals surface area contributed by atoms with Gasteiger partial charge < -0.3 is 20.3 Å². The van der Waals surface area contributed by atoms with Crippen molar-refractivity contribution in [1.82, 2.24) is 10.1 Å². The normalized spacial score (nSPS) is 23.1. The summed E-state index contributed by atoms with van der Waals surface area (Å²) < 4.78 is 5.07. The van der Waals surface area contributed by atoms with Crippen LogP contribution in [0.5, 0.6) is 11.5 Å². The van der Waals surface area contributed by atoms with Gasteiger partial charge in [0.05, 0.1) is 18.2 Å². The zero-order valence-electron chi connectivity index (χ0n) is 12.5. The zero-order valence-corrected chi connectivity index (χ0v) is 12.5. The van der Waals surface area contributed by atoms with Gasteiger partial charge in [-0.1, -0.05) is 6.07 Å². The Morgan fingerprint density at radius 2 is 1.55 bits per heavy atom. The van der Waals surface area contributed by atoms with Crippen LogP contribution in [0, 0.1) is 0 Å². The van der Waals surface area contributed by atoms with Gasteiger partial charge in [0.1, 0.15) is 6.17 Å². The Hall–Kier alpha value is -1.34. The Labute approximate surface area is 118 Å². The van der Waals surface area contributed by atoms with E-state index in [2.05, 4.69) is 0 Å². The summed E-state index contributed by atoms with van der Waals surface area (Å²) >= 11 is 0. The number of phenolic OH excluding ortho intramolecular Hbond substituents is 1. The lowest BCUT2D eigenvalue weighted by Crippen LogP contribution is -2.52. The molecule has 0 bridgehead atoms. The Kier molecular flexibility index (Phi) is 3.46. The molecule has 0 spiro atoms. The van der Waals surface area contributed by atoms with Crippen LogP contribution in [0.15, 0.2) is 18.2 Å². The highest BCUT2D eigenvalue weighted by atomic mass is 16.6. The number of methoxy groups -OCH3 is 1.